The van der Waals surface area contributed by atoms with Crippen molar-refractivity contribution in [2.75, 3.05) is 12.3 Å². The fraction of sp³-hybridized carbons (Fsp3) is 0.929. The molecule has 0 fully saturated rings. The van der Waals surface area contributed by atoms with Gasteiger partial charge in [0.05, 0.1) is 6.07 Å². The number of nitrogens with one attached hydrogen (secondary N) is 1. The van der Waals surface area contributed by atoms with Gasteiger partial charge in [-0.05, 0) is 44.9 Å². The molecule has 1 atom stereocenters. The van der Waals surface area contributed by atoms with Crippen LogP contribution in [0.15, 0.2) is 0 Å². The van der Waals surface area contributed by atoms with Crippen LogP contribution in [0.3, 0.4) is 0 Å². The van der Waals surface area contributed by atoms with Gasteiger partial charge >= 0.3 is 0 Å². The van der Waals surface area contributed by atoms with Gasteiger partial charge in [-0.25, -0.2) is 0 Å². The number of thioether (sulfide) groups is 1. The fourth-order valence-corrected chi connectivity index (χ4v) is 2.50. The summed E-state index contributed by atoms with van der Waals surface area (Å²) < 4.78 is 0.360. The smallest absolute Gasteiger partial charge is 0.103 e. The topological polar surface area (TPSA) is 35.8 Å². The minimum absolute atomic E-state index is 0.331. The van der Waals surface area contributed by atoms with E-state index < -0.39 is 0 Å². The van der Waals surface area contributed by atoms with Crippen LogP contribution in [-0.2, 0) is 0 Å². The molecule has 0 saturated heterocycles. The fourth-order valence-electron chi connectivity index (χ4n) is 1.54. The molecule has 100 valence electrons. The minimum Gasteiger partial charge on any atom is -0.300 e. The molecule has 3 heteroatoms. The summed E-state index contributed by atoms with van der Waals surface area (Å²) in [6.45, 7) is 11.8. The maximum absolute atomic E-state index is 9.18. The third-order valence-corrected chi connectivity index (χ3v) is 3.98. The molecule has 0 bridgehead atoms. The zero-order valence-corrected chi connectivity index (χ0v) is 12.9. The molecule has 0 aliphatic heterocycles. The van der Waals surface area contributed by atoms with Crippen molar-refractivity contribution < 1.29 is 0 Å². The summed E-state index contributed by atoms with van der Waals surface area (Å²) in [7, 11) is 0. The van der Waals surface area contributed by atoms with E-state index >= 15 is 0 Å². The highest BCUT2D eigenvalue weighted by atomic mass is 32.2. The molecule has 0 aromatic carbocycles. The van der Waals surface area contributed by atoms with E-state index in [-0.39, 0.29) is 5.54 Å². The lowest BCUT2D eigenvalue weighted by Crippen LogP contribution is -2.41. The molecule has 0 spiro atoms. The summed E-state index contributed by atoms with van der Waals surface area (Å²) >= 11 is 2.01. The molecule has 0 radical (unpaired) electrons. The second kappa shape index (κ2) is 8.00. The second-order valence-corrected chi connectivity index (χ2v) is 7.71. The molecule has 0 saturated carbocycles. The summed E-state index contributed by atoms with van der Waals surface area (Å²) in [5.74, 6) is 1.19. The number of rotatable bonds is 8. The van der Waals surface area contributed by atoms with Crippen molar-refractivity contribution in [3.63, 3.8) is 0 Å². The van der Waals surface area contributed by atoms with Crippen LogP contribution in [0.25, 0.3) is 0 Å². The number of nitriles is 1. The third kappa shape index (κ3) is 9.50. The van der Waals surface area contributed by atoms with Crippen LogP contribution < -0.4 is 5.32 Å². The SMILES string of the molecule is CCCNC(C)(C#N)CCCCSC(C)(C)C. The van der Waals surface area contributed by atoms with Gasteiger partial charge < -0.3 is 0 Å². The highest BCUT2D eigenvalue weighted by molar-refractivity contribution is 8.00. The van der Waals surface area contributed by atoms with E-state index in [1.807, 2.05) is 18.7 Å². The highest BCUT2D eigenvalue weighted by Gasteiger charge is 2.21. The molecule has 1 N–H and O–H groups in total. The lowest BCUT2D eigenvalue weighted by atomic mass is 9.96. The first-order valence-corrected chi connectivity index (χ1v) is 7.62. The van der Waals surface area contributed by atoms with Gasteiger partial charge in [-0.15, -0.1) is 0 Å². The lowest BCUT2D eigenvalue weighted by molar-refractivity contribution is 0.406. The Bertz CT molecular complexity index is 240. The Balaban J connectivity index is 3.74. The number of nitrogens with zero attached hydrogens (tertiary/aromatic N) is 1. The number of unbranched alkanes of at least 4 members (excludes halogenated alkanes) is 1. The standard InChI is InChI=1S/C14H28N2S/c1-6-10-16-14(5,12-15)9-7-8-11-17-13(2,3)4/h16H,6-11H2,1-5H3. The molecular weight excluding hydrogens is 228 g/mol. The Hall–Kier alpha value is -0.200. The molecule has 0 aromatic rings. The van der Waals surface area contributed by atoms with Crippen LogP contribution in [0.5, 0.6) is 0 Å². The Morgan fingerprint density at radius 3 is 2.29 bits per heavy atom. The number of hydrogen-bond acceptors (Lipinski definition) is 3. The quantitative estimate of drug-likeness (QED) is 0.667. The largest absolute Gasteiger partial charge is 0.300 e. The van der Waals surface area contributed by atoms with Gasteiger partial charge in [-0.2, -0.15) is 17.0 Å². The normalized spacial score (nSPS) is 15.3. The summed E-state index contributed by atoms with van der Waals surface area (Å²) in [4.78, 5) is 0. The molecular formula is C14H28N2S. The van der Waals surface area contributed by atoms with Crippen LogP contribution in [0.4, 0.5) is 0 Å². The van der Waals surface area contributed by atoms with Gasteiger partial charge in [0, 0.05) is 4.75 Å². The monoisotopic (exact) mass is 256 g/mol. The minimum atomic E-state index is -0.331. The van der Waals surface area contributed by atoms with Gasteiger partial charge in [0.15, 0.2) is 0 Å². The van der Waals surface area contributed by atoms with E-state index in [2.05, 4.69) is 39.1 Å². The van der Waals surface area contributed by atoms with Crippen molar-refractivity contribution in [3.8, 4) is 6.07 Å². The Morgan fingerprint density at radius 2 is 1.82 bits per heavy atom. The van der Waals surface area contributed by atoms with E-state index in [4.69, 9.17) is 0 Å². The summed E-state index contributed by atoms with van der Waals surface area (Å²) in [5.41, 5.74) is -0.331. The molecule has 0 aliphatic carbocycles. The van der Waals surface area contributed by atoms with Crippen LogP contribution in [0.2, 0.25) is 0 Å². The first kappa shape index (κ1) is 16.8. The van der Waals surface area contributed by atoms with Gasteiger partial charge in [-0.3, -0.25) is 5.32 Å². The van der Waals surface area contributed by atoms with E-state index in [1.54, 1.807) is 0 Å². The molecule has 2 nitrogen and oxygen atoms in total. The summed E-state index contributed by atoms with van der Waals surface area (Å²) in [5, 5.41) is 12.5. The van der Waals surface area contributed by atoms with Crippen molar-refractivity contribution >= 4 is 11.8 Å². The van der Waals surface area contributed by atoms with Crippen LogP contribution >= 0.6 is 11.8 Å². The van der Waals surface area contributed by atoms with Crippen molar-refractivity contribution in [2.24, 2.45) is 0 Å². The maximum atomic E-state index is 9.18. The van der Waals surface area contributed by atoms with E-state index in [0.717, 1.165) is 25.8 Å². The molecule has 1 unspecified atom stereocenters. The molecule has 0 aliphatic rings. The van der Waals surface area contributed by atoms with Crippen LogP contribution in [0.1, 0.15) is 60.3 Å². The Morgan fingerprint density at radius 1 is 1.18 bits per heavy atom. The van der Waals surface area contributed by atoms with Gasteiger partial charge in [0.25, 0.3) is 0 Å². The van der Waals surface area contributed by atoms with E-state index in [0.29, 0.717) is 4.75 Å². The predicted octanol–water partition coefficient (Wildman–Crippen LogP) is 3.97. The van der Waals surface area contributed by atoms with E-state index in [1.165, 1.54) is 12.2 Å². The van der Waals surface area contributed by atoms with Crippen molar-refractivity contribution in [1.29, 1.82) is 5.26 Å². The second-order valence-electron chi connectivity index (χ2n) is 5.79. The molecule has 0 heterocycles. The average molecular weight is 256 g/mol. The first-order valence-electron chi connectivity index (χ1n) is 6.63. The van der Waals surface area contributed by atoms with E-state index in [9.17, 15) is 5.26 Å². The lowest BCUT2D eigenvalue weighted by Gasteiger charge is -2.23. The highest BCUT2D eigenvalue weighted by Crippen LogP contribution is 2.25. The van der Waals surface area contributed by atoms with Gasteiger partial charge in [-0.1, -0.05) is 27.7 Å². The molecule has 0 amide bonds. The Kier molecular flexibility index (Phi) is 7.91. The molecule has 0 aromatic heterocycles. The predicted molar refractivity (Wildman–Crippen MR) is 78.4 cm³/mol. The average Bonchev–Trinajstić information content (AvgIpc) is 2.24. The van der Waals surface area contributed by atoms with Crippen LogP contribution in [0, 0.1) is 11.3 Å². The summed E-state index contributed by atoms with van der Waals surface area (Å²) in [6.07, 6.45) is 4.36. The van der Waals surface area contributed by atoms with Crippen molar-refractivity contribution in [3.05, 3.63) is 0 Å². The molecule has 17 heavy (non-hydrogen) atoms. The zero-order valence-electron chi connectivity index (χ0n) is 12.1. The van der Waals surface area contributed by atoms with Crippen molar-refractivity contribution in [2.45, 2.75) is 70.6 Å². The number of hydrogen-bond donors (Lipinski definition) is 1. The van der Waals surface area contributed by atoms with Gasteiger partial charge in [0.2, 0.25) is 0 Å². The Labute approximate surface area is 112 Å². The van der Waals surface area contributed by atoms with Gasteiger partial charge in [0.1, 0.15) is 5.54 Å². The summed E-state index contributed by atoms with van der Waals surface area (Å²) in [6, 6.07) is 2.40. The first-order chi connectivity index (χ1) is 7.83. The van der Waals surface area contributed by atoms with Crippen LogP contribution in [-0.4, -0.2) is 22.6 Å². The third-order valence-electron chi connectivity index (χ3n) is 2.62. The molecule has 0 rings (SSSR count). The zero-order chi connectivity index (χ0) is 13.4. The maximum Gasteiger partial charge on any atom is 0.103 e. The van der Waals surface area contributed by atoms with Crippen molar-refractivity contribution in [1.82, 2.24) is 5.32 Å².